The molecule has 0 aliphatic carbocycles. The Bertz CT molecular complexity index is 476. The normalized spacial score (nSPS) is 13.2. The van der Waals surface area contributed by atoms with E-state index >= 15 is 0 Å². The van der Waals surface area contributed by atoms with Gasteiger partial charge < -0.3 is 10.1 Å². The molecule has 116 valence electrons. The van der Waals surface area contributed by atoms with Gasteiger partial charge in [-0.15, -0.1) is 0 Å². The second-order valence-corrected chi connectivity index (χ2v) is 5.04. The summed E-state index contributed by atoms with van der Waals surface area (Å²) in [5, 5.41) is 2.86. The van der Waals surface area contributed by atoms with Crippen molar-refractivity contribution in [1.82, 2.24) is 5.32 Å². The Labute approximate surface area is 126 Å². The van der Waals surface area contributed by atoms with Crippen molar-refractivity contribution >= 4 is 5.91 Å². The average Bonchev–Trinajstić information content (AvgIpc) is 2.48. The van der Waals surface area contributed by atoms with Gasteiger partial charge in [0, 0.05) is 0 Å². The summed E-state index contributed by atoms with van der Waals surface area (Å²) in [6, 6.07) is 5.91. The summed E-state index contributed by atoms with van der Waals surface area (Å²) < 4.78 is 18.3. The summed E-state index contributed by atoms with van der Waals surface area (Å²) >= 11 is 0. The van der Waals surface area contributed by atoms with Crippen LogP contribution in [0.1, 0.15) is 52.1 Å². The molecule has 1 rings (SSSR count). The number of hydrogen-bond donors (Lipinski definition) is 1. The van der Waals surface area contributed by atoms with E-state index in [4.69, 9.17) is 4.74 Å². The van der Waals surface area contributed by atoms with Crippen LogP contribution >= 0.6 is 0 Å². The van der Waals surface area contributed by atoms with E-state index in [9.17, 15) is 9.18 Å². The number of carbonyl (C=O) groups excluding carboxylic acids is 1. The summed E-state index contributed by atoms with van der Waals surface area (Å²) in [6.45, 7) is 7.68. The smallest absolute Gasteiger partial charge is 0.261 e. The number of benzene rings is 1. The zero-order valence-corrected chi connectivity index (χ0v) is 13.2. The highest BCUT2D eigenvalue weighted by Crippen LogP contribution is 2.13. The van der Waals surface area contributed by atoms with Gasteiger partial charge in [-0.3, -0.25) is 4.79 Å². The lowest BCUT2D eigenvalue weighted by molar-refractivity contribution is -0.129. The topological polar surface area (TPSA) is 38.3 Å². The van der Waals surface area contributed by atoms with E-state index in [2.05, 4.69) is 19.2 Å². The summed E-state index contributed by atoms with van der Waals surface area (Å²) in [5.74, 6) is -0.472. The molecule has 1 amide bonds. The van der Waals surface area contributed by atoms with Gasteiger partial charge in [0.1, 0.15) is 5.82 Å². The largest absolute Gasteiger partial charge is 0.489 e. The quantitative estimate of drug-likeness (QED) is 0.768. The summed E-state index contributed by atoms with van der Waals surface area (Å²) in [7, 11) is 0. The molecule has 1 aromatic carbocycles. The molecule has 1 N–H and O–H groups in total. The van der Waals surface area contributed by atoms with Crippen LogP contribution in [0.4, 0.5) is 4.39 Å². The Balaban J connectivity index is 2.55. The molecule has 0 fully saturated rings. The molecule has 0 aliphatic heterocycles. The Morgan fingerprint density at radius 2 is 1.81 bits per heavy atom. The van der Waals surface area contributed by atoms with Crippen molar-refractivity contribution in [2.75, 3.05) is 0 Å². The molecule has 0 heterocycles. The number of amides is 1. The van der Waals surface area contributed by atoms with E-state index < -0.39 is 6.10 Å². The first-order chi connectivity index (χ1) is 9.97. The Morgan fingerprint density at radius 3 is 2.33 bits per heavy atom. The van der Waals surface area contributed by atoms with Crippen molar-refractivity contribution in [1.29, 1.82) is 0 Å². The van der Waals surface area contributed by atoms with Crippen LogP contribution in [0.3, 0.4) is 0 Å². The average molecular weight is 293 g/mol. The monoisotopic (exact) mass is 293 g/mol. The van der Waals surface area contributed by atoms with Crippen molar-refractivity contribution in [3.63, 3.8) is 0 Å². The van der Waals surface area contributed by atoms with Crippen LogP contribution in [0.15, 0.2) is 36.1 Å². The molecule has 0 aliphatic rings. The number of carbonyl (C=O) groups is 1. The van der Waals surface area contributed by atoms with Crippen LogP contribution in [0, 0.1) is 5.82 Å². The molecule has 3 nitrogen and oxygen atoms in total. The van der Waals surface area contributed by atoms with Gasteiger partial charge in [-0.25, -0.2) is 4.39 Å². The van der Waals surface area contributed by atoms with E-state index in [1.54, 1.807) is 25.3 Å². The third-order valence-corrected chi connectivity index (χ3v) is 3.45. The highest BCUT2D eigenvalue weighted by Gasteiger charge is 2.16. The van der Waals surface area contributed by atoms with Crippen molar-refractivity contribution in [3.8, 4) is 0 Å². The predicted molar refractivity (Wildman–Crippen MR) is 82.2 cm³/mol. The second-order valence-electron chi connectivity index (χ2n) is 5.04. The van der Waals surface area contributed by atoms with Crippen LogP contribution in [0.2, 0.25) is 0 Å². The molecule has 0 saturated carbocycles. The fourth-order valence-corrected chi connectivity index (χ4v) is 1.84. The van der Waals surface area contributed by atoms with Crippen LogP contribution in [-0.2, 0) is 9.53 Å². The zero-order valence-electron chi connectivity index (χ0n) is 13.2. The van der Waals surface area contributed by atoms with Gasteiger partial charge in [0.25, 0.3) is 5.91 Å². The molecule has 4 heteroatoms. The summed E-state index contributed by atoms with van der Waals surface area (Å²) in [6.07, 6.45) is 2.95. The fourth-order valence-electron chi connectivity index (χ4n) is 1.84. The highest BCUT2D eigenvalue weighted by molar-refractivity contribution is 5.80. The Kier molecular flexibility index (Phi) is 6.92. The first-order valence-electron chi connectivity index (χ1n) is 7.37. The minimum atomic E-state index is -0.555. The van der Waals surface area contributed by atoms with Crippen molar-refractivity contribution in [3.05, 3.63) is 47.5 Å². The standard InChI is InChI=1S/C17H24FNO2/c1-5-14(6-2)11-21-13(4)17(20)19-12(3)15-7-9-16(18)10-8-15/h7-13H,5-6H2,1-4H3,(H,19,20). The lowest BCUT2D eigenvalue weighted by Crippen LogP contribution is -2.35. The van der Waals surface area contributed by atoms with Gasteiger partial charge in [0.15, 0.2) is 6.10 Å². The molecule has 0 radical (unpaired) electrons. The van der Waals surface area contributed by atoms with E-state index in [1.165, 1.54) is 17.7 Å². The molecule has 0 saturated heterocycles. The third-order valence-electron chi connectivity index (χ3n) is 3.45. The first kappa shape index (κ1) is 17.2. The first-order valence-corrected chi connectivity index (χ1v) is 7.37. The van der Waals surface area contributed by atoms with E-state index in [-0.39, 0.29) is 17.8 Å². The molecule has 21 heavy (non-hydrogen) atoms. The van der Waals surface area contributed by atoms with Gasteiger partial charge in [-0.1, -0.05) is 26.0 Å². The van der Waals surface area contributed by atoms with Gasteiger partial charge in [0.2, 0.25) is 0 Å². The predicted octanol–water partition coefficient (Wildman–Crippen LogP) is 4.11. The van der Waals surface area contributed by atoms with Gasteiger partial charge >= 0.3 is 0 Å². The molecule has 1 aromatic rings. The molecular weight excluding hydrogens is 269 g/mol. The SMILES string of the molecule is CCC(=COC(C)C(=O)NC(C)c1ccc(F)cc1)CC. The Hall–Kier alpha value is -1.84. The molecule has 2 unspecified atom stereocenters. The number of halogens is 1. The molecule has 2 atom stereocenters. The minimum Gasteiger partial charge on any atom is -0.489 e. The molecule has 0 spiro atoms. The molecular formula is C17H24FNO2. The van der Waals surface area contributed by atoms with Gasteiger partial charge in [-0.2, -0.15) is 0 Å². The summed E-state index contributed by atoms with van der Waals surface area (Å²) in [5.41, 5.74) is 2.02. The van der Waals surface area contributed by atoms with Crippen LogP contribution in [0.25, 0.3) is 0 Å². The minimum absolute atomic E-state index is 0.186. The maximum Gasteiger partial charge on any atom is 0.261 e. The van der Waals surface area contributed by atoms with Crippen LogP contribution in [-0.4, -0.2) is 12.0 Å². The fraction of sp³-hybridized carbons (Fsp3) is 0.471. The number of hydrogen-bond acceptors (Lipinski definition) is 2. The van der Waals surface area contributed by atoms with Crippen LogP contribution in [0.5, 0.6) is 0 Å². The third kappa shape index (κ3) is 5.58. The molecule has 0 aromatic heterocycles. The van der Waals surface area contributed by atoms with Crippen molar-refractivity contribution in [2.45, 2.75) is 52.7 Å². The maximum atomic E-state index is 12.9. The van der Waals surface area contributed by atoms with Gasteiger partial charge in [0.05, 0.1) is 12.3 Å². The van der Waals surface area contributed by atoms with E-state index in [1.807, 2.05) is 6.92 Å². The van der Waals surface area contributed by atoms with Crippen molar-refractivity contribution in [2.24, 2.45) is 0 Å². The number of allylic oxidation sites excluding steroid dienone is 1. The summed E-state index contributed by atoms with van der Waals surface area (Å²) in [4.78, 5) is 12.0. The van der Waals surface area contributed by atoms with Crippen LogP contribution < -0.4 is 5.32 Å². The zero-order chi connectivity index (χ0) is 15.8. The van der Waals surface area contributed by atoms with E-state index in [0.717, 1.165) is 18.4 Å². The lowest BCUT2D eigenvalue weighted by atomic mass is 10.1. The van der Waals surface area contributed by atoms with Gasteiger partial charge in [-0.05, 0) is 50.0 Å². The number of rotatable bonds is 7. The number of ether oxygens (including phenoxy) is 1. The number of nitrogens with one attached hydrogen (secondary N) is 1. The Morgan fingerprint density at radius 1 is 1.24 bits per heavy atom. The maximum absolute atomic E-state index is 12.9. The van der Waals surface area contributed by atoms with E-state index in [0.29, 0.717) is 0 Å². The second kappa shape index (κ2) is 8.45. The molecule has 0 bridgehead atoms. The lowest BCUT2D eigenvalue weighted by Gasteiger charge is -2.18. The van der Waals surface area contributed by atoms with Crippen molar-refractivity contribution < 1.29 is 13.9 Å². The highest BCUT2D eigenvalue weighted by atomic mass is 19.1.